The summed E-state index contributed by atoms with van der Waals surface area (Å²) in [5, 5.41) is 11.8. The molecule has 1 atom stereocenters. The van der Waals surface area contributed by atoms with Gasteiger partial charge in [-0.1, -0.05) is 39.0 Å². The van der Waals surface area contributed by atoms with Crippen molar-refractivity contribution in [2.75, 3.05) is 0 Å². The standard InChI is InChI=1S/C13H22N2O/c1-2-7-12(10-14)15-13(16)11-8-5-3-4-6-9-11/h11-12H,2-9H2,1H3,(H,15,16). The average molecular weight is 222 g/mol. The molecule has 1 rings (SSSR count). The van der Waals surface area contributed by atoms with Crippen molar-refractivity contribution in [3.8, 4) is 6.07 Å². The number of nitrogens with zero attached hydrogens (tertiary/aromatic N) is 1. The van der Waals surface area contributed by atoms with Crippen LogP contribution in [0.15, 0.2) is 0 Å². The van der Waals surface area contributed by atoms with Crippen LogP contribution in [0.4, 0.5) is 0 Å². The van der Waals surface area contributed by atoms with Crippen molar-refractivity contribution in [1.82, 2.24) is 5.32 Å². The molecule has 16 heavy (non-hydrogen) atoms. The minimum atomic E-state index is -0.291. The van der Waals surface area contributed by atoms with Crippen LogP contribution in [0, 0.1) is 17.2 Å². The fraction of sp³-hybridized carbons (Fsp3) is 0.846. The van der Waals surface area contributed by atoms with Crippen molar-refractivity contribution in [3.63, 3.8) is 0 Å². The summed E-state index contributed by atoms with van der Waals surface area (Å²) in [6.45, 7) is 2.03. The van der Waals surface area contributed by atoms with Gasteiger partial charge in [0.15, 0.2) is 0 Å². The minimum Gasteiger partial charge on any atom is -0.340 e. The van der Waals surface area contributed by atoms with Gasteiger partial charge in [0.05, 0.1) is 6.07 Å². The molecular formula is C13H22N2O. The monoisotopic (exact) mass is 222 g/mol. The number of rotatable bonds is 4. The van der Waals surface area contributed by atoms with E-state index in [0.29, 0.717) is 0 Å². The van der Waals surface area contributed by atoms with Gasteiger partial charge in [0.25, 0.3) is 0 Å². The molecule has 1 aliphatic rings. The van der Waals surface area contributed by atoms with Crippen molar-refractivity contribution in [1.29, 1.82) is 5.26 Å². The van der Waals surface area contributed by atoms with Crippen molar-refractivity contribution in [2.45, 2.75) is 64.3 Å². The molecule has 1 N–H and O–H groups in total. The van der Waals surface area contributed by atoms with Crippen LogP contribution in [0.1, 0.15) is 58.3 Å². The lowest BCUT2D eigenvalue weighted by atomic mass is 9.99. The zero-order valence-corrected chi connectivity index (χ0v) is 10.2. The largest absolute Gasteiger partial charge is 0.340 e. The summed E-state index contributed by atoms with van der Waals surface area (Å²) in [4.78, 5) is 11.9. The Morgan fingerprint density at radius 3 is 2.50 bits per heavy atom. The smallest absolute Gasteiger partial charge is 0.224 e. The molecule has 0 heterocycles. The predicted molar refractivity (Wildman–Crippen MR) is 63.6 cm³/mol. The second-order valence-electron chi connectivity index (χ2n) is 4.67. The second kappa shape index (κ2) is 7.27. The summed E-state index contributed by atoms with van der Waals surface area (Å²) < 4.78 is 0. The fourth-order valence-corrected chi connectivity index (χ4v) is 2.29. The Kier molecular flexibility index (Phi) is 5.92. The molecule has 0 saturated heterocycles. The fourth-order valence-electron chi connectivity index (χ4n) is 2.29. The summed E-state index contributed by atoms with van der Waals surface area (Å²) in [5.41, 5.74) is 0. The number of hydrogen-bond acceptors (Lipinski definition) is 2. The maximum atomic E-state index is 11.9. The number of nitriles is 1. The molecule has 3 heteroatoms. The molecule has 0 aromatic carbocycles. The molecule has 1 fully saturated rings. The van der Waals surface area contributed by atoms with Gasteiger partial charge in [-0.2, -0.15) is 5.26 Å². The zero-order chi connectivity index (χ0) is 11.8. The summed E-state index contributed by atoms with van der Waals surface area (Å²) in [7, 11) is 0. The van der Waals surface area contributed by atoms with Gasteiger partial charge in [-0.05, 0) is 19.3 Å². The topological polar surface area (TPSA) is 52.9 Å². The van der Waals surface area contributed by atoms with Crippen LogP contribution in [-0.2, 0) is 4.79 Å². The van der Waals surface area contributed by atoms with E-state index in [4.69, 9.17) is 5.26 Å². The highest BCUT2D eigenvalue weighted by molar-refractivity contribution is 5.79. The summed E-state index contributed by atoms with van der Waals surface area (Å²) in [6.07, 6.45) is 8.50. The summed E-state index contributed by atoms with van der Waals surface area (Å²) in [5.74, 6) is 0.247. The maximum Gasteiger partial charge on any atom is 0.224 e. The average Bonchev–Trinajstić information content (AvgIpc) is 2.56. The first kappa shape index (κ1) is 13.0. The lowest BCUT2D eigenvalue weighted by molar-refractivity contribution is -0.125. The quantitative estimate of drug-likeness (QED) is 0.744. The Hall–Kier alpha value is -1.04. The molecule has 0 spiro atoms. The molecular weight excluding hydrogens is 200 g/mol. The first-order chi connectivity index (χ1) is 7.77. The van der Waals surface area contributed by atoms with E-state index in [1.54, 1.807) is 0 Å². The number of amides is 1. The third-order valence-corrected chi connectivity index (χ3v) is 3.28. The molecule has 1 saturated carbocycles. The highest BCUT2D eigenvalue weighted by Gasteiger charge is 2.21. The SMILES string of the molecule is CCCC(C#N)NC(=O)C1CCCCCC1. The Bertz CT molecular complexity index is 249. The normalized spacial score (nSPS) is 19.5. The number of carbonyl (C=O) groups is 1. The molecule has 0 aromatic heterocycles. The molecule has 1 amide bonds. The molecule has 0 radical (unpaired) electrons. The number of carbonyl (C=O) groups excluding carboxylic acids is 1. The van der Waals surface area contributed by atoms with E-state index in [0.717, 1.165) is 38.5 Å². The van der Waals surface area contributed by atoms with Crippen LogP contribution in [0.25, 0.3) is 0 Å². The van der Waals surface area contributed by atoms with Crippen molar-refractivity contribution < 1.29 is 4.79 Å². The van der Waals surface area contributed by atoms with Crippen LogP contribution in [0.5, 0.6) is 0 Å². The molecule has 90 valence electrons. The van der Waals surface area contributed by atoms with E-state index in [9.17, 15) is 4.79 Å². The first-order valence-electron chi connectivity index (χ1n) is 6.48. The molecule has 0 aliphatic heterocycles. The second-order valence-corrected chi connectivity index (χ2v) is 4.67. The van der Waals surface area contributed by atoms with Crippen molar-refractivity contribution in [2.24, 2.45) is 5.92 Å². The maximum absolute atomic E-state index is 11.9. The van der Waals surface area contributed by atoms with E-state index in [1.165, 1.54) is 12.8 Å². The highest BCUT2D eigenvalue weighted by atomic mass is 16.1. The van der Waals surface area contributed by atoms with Crippen LogP contribution >= 0.6 is 0 Å². The third kappa shape index (κ3) is 4.22. The summed E-state index contributed by atoms with van der Waals surface area (Å²) in [6, 6.07) is 1.87. The highest BCUT2D eigenvalue weighted by Crippen LogP contribution is 2.23. The van der Waals surface area contributed by atoms with Crippen LogP contribution in [0.3, 0.4) is 0 Å². The van der Waals surface area contributed by atoms with E-state index in [-0.39, 0.29) is 17.9 Å². The molecule has 0 aromatic rings. The van der Waals surface area contributed by atoms with Gasteiger partial charge in [0, 0.05) is 5.92 Å². The van der Waals surface area contributed by atoms with E-state index >= 15 is 0 Å². The van der Waals surface area contributed by atoms with Gasteiger partial charge in [0.2, 0.25) is 5.91 Å². The number of hydrogen-bond donors (Lipinski definition) is 1. The molecule has 1 aliphatic carbocycles. The molecule has 3 nitrogen and oxygen atoms in total. The van der Waals surface area contributed by atoms with Crippen LogP contribution < -0.4 is 5.32 Å². The van der Waals surface area contributed by atoms with Crippen LogP contribution in [0.2, 0.25) is 0 Å². The van der Waals surface area contributed by atoms with Gasteiger partial charge >= 0.3 is 0 Å². The van der Waals surface area contributed by atoms with Gasteiger partial charge in [0.1, 0.15) is 6.04 Å². The van der Waals surface area contributed by atoms with Gasteiger partial charge < -0.3 is 5.32 Å². The predicted octanol–water partition coefficient (Wildman–Crippen LogP) is 2.77. The molecule has 1 unspecified atom stereocenters. The zero-order valence-electron chi connectivity index (χ0n) is 10.2. The van der Waals surface area contributed by atoms with Gasteiger partial charge in [-0.15, -0.1) is 0 Å². The Labute approximate surface area is 98.2 Å². The van der Waals surface area contributed by atoms with Crippen LogP contribution in [-0.4, -0.2) is 11.9 Å². The minimum absolute atomic E-state index is 0.0990. The lowest BCUT2D eigenvalue weighted by Gasteiger charge is -2.16. The van der Waals surface area contributed by atoms with E-state index in [2.05, 4.69) is 11.4 Å². The van der Waals surface area contributed by atoms with Gasteiger partial charge in [-0.3, -0.25) is 4.79 Å². The van der Waals surface area contributed by atoms with E-state index in [1.807, 2.05) is 6.92 Å². The van der Waals surface area contributed by atoms with Crippen molar-refractivity contribution >= 4 is 5.91 Å². The van der Waals surface area contributed by atoms with Gasteiger partial charge in [-0.25, -0.2) is 0 Å². The Balaban J connectivity index is 2.40. The first-order valence-corrected chi connectivity index (χ1v) is 6.48. The Morgan fingerprint density at radius 2 is 2.00 bits per heavy atom. The third-order valence-electron chi connectivity index (χ3n) is 3.28. The summed E-state index contributed by atoms with van der Waals surface area (Å²) >= 11 is 0. The lowest BCUT2D eigenvalue weighted by Crippen LogP contribution is -2.38. The molecule has 0 bridgehead atoms. The van der Waals surface area contributed by atoms with E-state index < -0.39 is 0 Å². The number of nitrogens with one attached hydrogen (secondary N) is 1. The van der Waals surface area contributed by atoms with Crippen molar-refractivity contribution in [3.05, 3.63) is 0 Å². The Morgan fingerprint density at radius 1 is 1.38 bits per heavy atom.